The van der Waals surface area contributed by atoms with Crippen LogP contribution in [0.4, 0.5) is 0 Å². The molecule has 10 nitrogen and oxygen atoms in total. The molecule has 0 bridgehead atoms. The Labute approximate surface area is 208 Å². The first-order chi connectivity index (χ1) is 17.1. The molecule has 0 saturated carbocycles. The van der Waals surface area contributed by atoms with Crippen LogP contribution in [0.15, 0.2) is 82.4 Å². The minimum Gasteiger partial charge on any atom is -0.402 e. The number of nitrogens with zero attached hydrogens (tertiary/aromatic N) is 3. The van der Waals surface area contributed by atoms with E-state index in [1.165, 1.54) is 6.20 Å². The second-order valence-electron chi connectivity index (χ2n) is 8.66. The predicted octanol–water partition coefficient (Wildman–Crippen LogP) is 1.33. The number of amides is 2. The second kappa shape index (κ2) is 9.87. The number of fused-ring (bicyclic) bond motifs is 1. The maximum Gasteiger partial charge on any atom is 0.257 e. The fraction of sp³-hybridized carbons (Fsp3) is 0.192. The number of nitrogens with one attached hydrogen (secondary N) is 2. The maximum atomic E-state index is 13.2. The molecule has 1 aromatic heterocycles. The summed E-state index contributed by atoms with van der Waals surface area (Å²) in [5.41, 5.74) is 15.3. The van der Waals surface area contributed by atoms with Crippen LogP contribution >= 0.6 is 0 Å². The SMILES string of the molecule is CC1=C2C(=O)C(C(=O)NCc3ccc(-c4cccc(C(N)=O)c4)nc3)=CN(C)C2N=C(/C=C(/C)N)N1. The van der Waals surface area contributed by atoms with Crippen molar-refractivity contribution in [2.24, 2.45) is 16.5 Å². The molecule has 4 rings (SSSR count). The van der Waals surface area contributed by atoms with E-state index in [4.69, 9.17) is 11.5 Å². The lowest BCUT2D eigenvalue weighted by Crippen LogP contribution is -2.45. The first-order valence-electron chi connectivity index (χ1n) is 11.2. The number of likely N-dealkylation sites (N-methyl/N-ethyl adjacent to an activating group) is 1. The fourth-order valence-corrected chi connectivity index (χ4v) is 4.00. The lowest BCUT2D eigenvalue weighted by molar-refractivity contribution is -0.122. The Kier molecular flexibility index (Phi) is 6.69. The number of pyridine rings is 1. The number of aromatic nitrogens is 1. The minimum atomic E-state index is -0.536. The van der Waals surface area contributed by atoms with Crippen molar-refractivity contribution in [2.75, 3.05) is 7.05 Å². The van der Waals surface area contributed by atoms with Gasteiger partial charge in [-0.3, -0.25) is 19.4 Å². The largest absolute Gasteiger partial charge is 0.402 e. The van der Waals surface area contributed by atoms with E-state index in [0.29, 0.717) is 34.1 Å². The molecule has 2 amide bonds. The van der Waals surface area contributed by atoms with Gasteiger partial charge in [-0.15, -0.1) is 0 Å². The number of carbonyl (C=O) groups is 3. The van der Waals surface area contributed by atoms with Gasteiger partial charge in [0, 0.05) is 48.5 Å². The molecule has 36 heavy (non-hydrogen) atoms. The van der Waals surface area contributed by atoms with E-state index in [1.54, 1.807) is 62.3 Å². The van der Waals surface area contributed by atoms with E-state index < -0.39 is 18.0 Å². The summed E-state index contributed by atoms with van der Waals surface area (Å²) in [5, 5.41) is 5.86. The average Bonchev–Trinajstić information content (AvgIpc) is 2.84. The number of carbonyl (C=O) groups excluding carboxylic acids is 3. The topological polar surface area (TPSA) is 156 Å². The van der Waals surface area contributed by atoms with Gasteiger partial charge in [0.25, 0.3) is 5.91 Å². The second-order valence-corrected chi connectivity index (χ2v) is 8.66. The van der Waals surface area contributed by atoms with Crippen LogP contribution in [0.1, 0.15) is 29.8 Å². The molecular formula is C26H27N7O3. The molecule has 1 aromatic carbocycles. The molecule has 0 aliphatic carbocycles. The zero-order valence-corrected chi connectivity index (χ0v) is 20.2. The number of hydrogen-bond donors (Lipinski definition) is 4. The third-order valence-corrected chi connectivity index (χ3v) is 5.78. The normalized spacial score (nSPS) is 17.6. The van der Waals surface area contributed by atoms with E-state index in [1.807, 2.05) is 12.1 Å². The summed E-state index contributed by atoms with van der Waals surface area (Å²) in [4.78, 5) is 48.2. The number of primary amides is 1. The van der Waals surface area contributed by atoms with E-state index in [9.17, 15) is 14.4 Å². The van der Waals surface area contributed by atoms with Crippen molar-refractivity contribution in [1.82, 2.24) is 20.5 Å². The van der Waals surface area contributed by atoms with Crippen molar-refractivity contribution < 1.29 is 14.4 Å². The molecule has 6 N–H and O–H groups in total. The molecular weight excluding hydrogens is 458 g/mol. The van der Waals surface area contributed by atoms with Crippen LogP contribution in [0.3, 0.4) is 0 Å². The summed E-state index contributed by atoms with van der Waals surface area (Å²) < 4.78 is 0. The zero-order chi connectivity index (χ0) is 26.0. The Hall–Kier alpha value is -4.73. The van der Waals surface area contributed by atoms with Gasteiger partial charge in [-0.05, 0) is 43.7 Å². The van der Waals surface area contributed by atoms with Gasteiger partial charge in [0.2, 0.25) is 11.7 Å². The van der Waals surface area contributed by atoms with Crippen molar-refractivity contribution in [3.05, 3.63) is 88.5 Å². The number of allylic oxidation sites excluding steroid dienone is 2. The minimum absolute atomic E-state index is 0.0296. The van der Waals surface area contributed by atoms with Crippen LogP contribution in [-0.2, 0) is 16.1 Å². The highest BCUT2D eigenvalue weighted by Gasteiger charge is 2.37. The van der Waals surface area contributed by atoms with Crippen LogP contribution < -0.4 is 22.1 Å². The number of benzene rings is 1. The van der Waals surface area contributed by atoms with Crippen LogP contribution in [0, 0.1) is 0 Å². The number of Topliss-reactive ketones (excluding diaryl/α,β-unsaturated/α-hetero) is 1. The van der Waals surface area contributed by atoms with Crippen molar-refractivity contribution in [3.8, 4) is 11.3 Å². The molecule has 2 aromatic rings. The van der Waals surface area contributed by atoms with Crippen molar-refractivity contribution in [1.29, 1.82) is 0 Å². The van der Waals surface area contributed by atoms with E-state index in [0.717, 1.165) is 11.1 Å². The van der Waals surface area contributed by atoms with Crippen LogP contribution in [0.5, 0.6) is 0 Å². The Morgan fingerprint density at radius 3 is 2.67 bits per heavy atom. The van der Waals surface area contributed by atoms with Crippen LogP contribution in [-0.4, -0.2) is 46.5 Å². The summed E-state index contributed by atoms with van der Waals surface area (Å²) in [6, 6.07) is 10.5. The van der Waals surface area contributed by atoms with Gasteiger partial charge in [0.15, 0.2) is 6.17 Å². The van der Waals surface area contributed by atoms with Gasteiger partial charge in [-0.25, -0.2) is 4.99 Å². The standard InChI is InChI=1S/C26H27N7O3/c1-14(27)9-21-31-15(2)22-23(34)19(13-33(3)25(22)32-21)26(36)30-12-16-7-8-20(29-11-16)17-5-4-6-18(10-17)24(28)35/h4-11,13,25H,12,27H2,1-3H3,(H2,28,35)(H,30,36)(H,31,32)/b14-9-. The molecule has 2 aliphatic heterocycles. The molecule has 1 unspecified atom stereocenters. The van der Waals surface area contributed by atoms with E-state index in [-0.39, 0.29) is 17.9 Å². The van der Waals surface area contributed by atoms with Gasteiger partial charge >= 0.3 is 0 Å². The lowest BCUT2D eigenvalue weighted by atomic mass is 9.94. The van der Waals surface area contributed by atoms with Gasteiger partial charge in [0.1, 0.15) is 11.4 Å². The quantitative estimate of drug-likeness (QED) is 0.450. The average molecular weight is 486 g/mol. The summed E-state index contributed by atoms with van der Waals surface area (Å²) in [6.07, 6.45) is 4.30. The molecule has 0 fully saturated rings. The molecule has 0 saturated heterocycles. The van der Waals surface area contributed by atoms with Gasteiger partial charge < -0.3 is 27.0 Å². The zero-order valence-electron chi connectivity index (χ0n) is 20.2. The highest BCUT2D eigenvalue weighted by Crippen LogP contribution is 2.27. The summed E-state index contributed by atoms with van der Waals surface area (Å²) in [6.45, 7) is 3.71. The van der Waals surface area contributed by atoms with Gasteiger partial charge in [-0.2, -0.15) is 0 Å². The Balaban J connectivity index is 1.46. The summed E-state index contributed by atoms with van der Waals surface area (Å²) in [5.74, 6) is -0.820. The monoisotopic (exact) mass is 485 g/mol. The number of nitrogens with two attached hydrogens (primary N) is 2. The van der Waals surface area contributed by atoms with Crippen molar-refractivity contribution >= 4 is 23.4 Å². The number of hydrogen-bond acceptors (Lipinski definition) is 8. The maximum absolute atomic E-state index is 13.2. The van der Waals surface area contributed by atoms with Crippen LogP contribution in [0.25, 0.3) is 11.3 Å². The Morgan fingerprint density at radius 2 is 2.00 bits per heavy atom. The predicted molar refractivity (Wildman–Crippen MR) is 136 cm³/mol. The van der Waals surface area contributed by atoms with E-state index >= 15 is 0 Å². The van der Waals surface area contributed by atoms with Crippen molar-refractivity contribution in [2.45, 2.75) is 26.6 Å². The Bertz CT molecular complexity index is 1370. The molecule has 184 valence electrons. The highest BCUT2D eigenvalue weighted by atomic mass is 16.2. The molecule has 10 heteroatoms. The molecule has 2 aliphatic rings. The van der Waals surface area contributed by atoms with Crippen molar-refractivity contribution in [3.63, 3.8) is 0 Å². The first kappa shape index (κ1) is 24.4. The highest BCUT2D eigenvalue weighted by molar-refractivity contribution is 6.27. The molecule has 1 atom stereocenters. The van der Waals surface area contributed by atoms with Gasteiger partial charge in [-0.1, -0.05) is 18.2 Å². The number of amidine groups is 1. The summed E-state index contributed by atoms with van der Waals surface area (Å²) in [7, 11) is 1.76. The smallest absolute Gasteiger partial charge is 0.257 e. The number of rotatable bonds is 6. The third-order valence-electron chi connectivity index (χ3n) is 5.78. The van der Waals surface area contributed by atoms with E-state index in [2.05, 4.69) is 20.6 Å². The molecule has 0 radical (unpaired) electrons. The fourth-order valence-electron chi connectivity index (χ4n) is 4.00. The summed E-state index contributed by atoms with van der Waals surface area (Å²) >= 11 is 0. The van der Waals surface area contributed by atoms with Gasteiger partial charge in [0.05, 0.1) is 11.3 Å². The lowest BCUT2D eigenvalue weighted by Gasteiger charge is -2.35. The number of aliphatic imine (C=N–C) groups is 1. The third kappa shape index (κ3) is 5.02. The number of ketones is 1. The first-order valence-corrected chi connectivity index (χ1v) is 11.2. The molecule has 3 heterocycles. The van der Waals surface area contributed by atoms with Crippen LogP contribution in [0.2, 0.25) is 0 Å². The molecule has 0 spiro atoms. The Morgan fingerprint density at radius 1 is 1.22 bits per heavy atom.